The second kappa shape index (κ2) is 8.26. The molecule has 1 saturated carbocycles. The molecule has 164 valence electrons. The number of hydrogen-bond acceptors (Lipinski definition) is 5. The Bertz CT molecular complexity index is 1110. The van der Waals surface area contributed by atoms with Gasteiger partial charge in [-0.25, -0.2) is 4.98 Å². The first kappa shape index (κ1) is 22.7. The number of rotatable bonds is 6. The maximum Gasteiger partial charge on any atom is 0.254 e. The number of nitrogens with one attached hydrogen (secondary N) is 3. The standard InChI is InChI=1S/C22H26ClN5O3/c1-13-25-17(10-19(30)28(13)11-18(29)27-22(12-24)7-8-22)15-6-5-14(23)9-16(15)26-20(31)21(2,3)4/h5-6,9-10,12,24H,7-8,11H2,1-4H3,(H,26,31)(H,27,29). The quantitative estimate of drug-likeness (QED) is 0.594. The van der Waals surface area contributed by atoms with E-state index in [1.54, 1.807) is 45.9 Å². The van der Waals surface area contributed by atoms with Crippen molar-refractivity contribution in [3.05, 3.63) is 45.5 Å². The van der Waals surface area contributed by atoms with E-state index in [1.165, 1.54) is 16.8 Å². The molecule has 0 radical (unpaired) electrons. The van der Waals surface area contributed by atoms with Gasteiger partial charge in [0, 0.05) is 28.3 Å². The molecule has 3 rings (SSSR count). The summed E-state index contributed by atoms with van der Waals surface area (Å²) >= 11 is 6.12. The number of nitrogens with zero attached hydrogens (tertiary/aromatic N) is 2. The number of anilines is 1. The van der Waals surface area contributed by atoms with E-state index in [-0.39, 0.29) is 23.9 Å². The normalized spacial score (nSPS) is 14.6. The Balaban J connectivity index is 1.91. The molecule has 0 saturated heterocycles. The van der Waals surface area contributed by atoms with Crippen LogP contribution in [0.2, 0.25) is 5.02 Å². The number of aromatic nitrogens is 2. The Morgan fingerprint density at radius 1 is 1.29 bits per heavy atom. The van der Waals surface area contributed by atoms with Crippen LogP contribution in [-0.2, 0) is 16.1 Å². The number of carbonyl (C=O) groups excluding carboxylic acids is 2. The highest BCUT2D eigenvalue weighted by Gasteiger charge is 2.42. The highest BCUT2D eigenvalue weighted by atomic mass is 35.5. The topological polar surface area (TPSA) is 117 Å². The van der Waals surface area contributed by atoms with Crippen LogP contribution in [0.3, 0.4) is 0 Å². The van der Waals surface area contributed by atoms with Gasteiger partial charge in [-0.2, -0.15) is 0 Å². The number of carbonyl (C=O) groups is 2. The zero-order valence-electron chi connectivity index (χ0n) is 18.0. The fraction of sp³-hybridized carbons (Fsp3) is 0.409. The van der Waals surface area contributed by atoms with E-state index in [4.69, 9.17) is 17.0 Å². The molecule has 3 N–H and O–H groups in total. The summed E-state index contributed by atoms with van der Waals surface area (Å²) in [5.41, 5.74) is -0.186. The van der Waals surface area contributed by atoms with Crippen LogP contribution in [0.4, 0.5) is 5.69 Å². The van der Waals surface area contributed by atoms with Crippen molar-refractivity contribution < 1.29 is 9.59 Å². The number of amides is 2. The van der Waals surface area contributed by atoms with Crippen LogP contribution in [0, 0.1) is 17.7 Å². The number of hydrogen-bond donors (Lipinski definition) is 3. The Hall–Kier alpha value is -3.00. The van der Waals surface area contributed by atoms with Crippen molar-refractivity contribution in [3.63, 3.8) is 0 Å². The molecular formula is C22H26ClN5O3. The second-order valence-electron chi connectivity index (χ2n) is 8.86. The van der Waals surface area contributed by atoms with Gasteiger partial charge in [0.25, 0.3) is 5.56 Å². The van der Waals surface area contributed by atoms with Crippen LogP contribution in [0.1, 0.15) is 39.4 Å². The summed E-state index contributed by atoms with van der Waals surface area (Å²) in [7, 11) is 0. The van der Waals surface area contributed by atoms with Crippen molar-refractivity contribution in [1.29, 1.82) is 5.41 Å². The van der Waals surface area contributed by atoms with E-state index in [2.05, 4.69) is 15.6 Å². The summed E-state index contributed by atoms with van der Waals surface area (Å²) in [4.78, 5) is 42.1. The van der Waals surface area contributed by atoms with Crippen molar-refractivity contribution in [2.24, 2.45) is 5.41 Å². The zero-order valence-corrected chi connectivity index (χ0v) is 18.8. The lowest BCUT2D eigenvalue weighted by atomic mass is 9.95. The lowest BCUT2D eigenvalue weighted by molar-refractivity contribution is -0.123. The van der Waals surface area contributed by atoms with E-state index >= 15 is 0 Å². The van der Waals surface area contributed by atoms with Crippen molar-refractivity contribution >= 4 is 35.3 Å². The summed E-state index contributed by atoms with van der Waals surface area (Å²) in [6, 6.07) is 6.30. The lowest BCUT2D eigenvalue weighted by Gasteiger charge is -2.20. The van der Waals surface area contributed by atoms with Crippen LogP contribution in [0.5, 0.6) is 0 Å². The highest BCUT2D eigenvalue weighted by Crippen LogP contribution is 2.33. The molecule has 2 aromatic rings. The first-order valence-corrected chi connectivity index (χ1v) is 10.3. The zero-order chi connectivity index (χ0) is 23.0. The third kappa shape index (κ3) is 5.19. The largest absolute Gasteiger partial charge is 0.344 e. The van der Waals surface area contributed by atoms with Crippen LogP contribution in [0.25, 0.3) is 11.3 Å². The third-order valence-corrected chi connectivity index (χ3v) is 5.38. The highest BCUT2D eigenvalue weighted by molar-refractivity contribution is 6.31. The molecule has 0 aliphatic heterocycles. The molecule has 0 unspecified atom stereocenters. The van der Waals surface area contributed by atoms with Gasteiger partial charge in [0.2, 0.25) is 11.8 Å². The fourth-order valence-corrected chi connectivity index (χ4v) is 3.18. The first-order chi connectivity index (χ1) is 14.4. The molecule has 0 atom stereocenters. The minimum absolute atomic E-state index is 0.179. The minimum Gasteiger partial charge on any atom is -0.344 e. The van der Waals surface area contributed by atoms with E-state index in [9.17, 15) is 14.4 Å². The molecule has 1 aliphatic rings. The average molecular weight is 444 g/mol. The van der Waals surface area contributed by atoms with Crippen LogP contribution < -0.4 is 16.2 Å². The van der Waals surface area contributed by atoms with Crippen LogP contribution >= 0.6 is 11.6 Å². The SMILES string of the molecule is Cc1nc(-c2ccc(Cl)cc2NC(=O)C(C)(C)C)cc(=O)n1CC(=O)NC1(C=N)CC1. The van der Waals surface area contributed by atoms with Gasteiger partial charge in [-0.05, 0) is 38.0 Å². The van der Waals surface area contributed by atoms with Gasteiger partial charge in [-0.1, -0.05) is 32.4 Å². The summed E-state index contributed by atoms with van der Waals surface area (Å²) in [6.07, 6.45) is 2.69. The second-order valence-corrected chi connectivity index (χ2v) is 9.29. The molecule has 31 heavy (non-hydrogen) atoms. The van der Waals surface area contributed by atoms with Gasteiger partial charge < -0.3 is 16.0 Å². The lowest BCUT2D eigenvalue weighted by Crippen LogP contribution is -2.41. The van der Waals surface area contributed by atoms with Gasteiger partial charge in [0.15, 0.2) is 0 Å². The van der Waals surface area contributed by atoms with Crippen LogP contribution in [0.15, 0.2) is 29.1 Å². The van der Waals surface area contributed by atoms with E-state index in [1.807, 2.05) is 0 Å². The monoisotopic (exact) mass is 443 g/mol. The maximum absolute atomic E-state index is 12.8. The van der Waals surface area contributed by atoms with Gasteiger partial charge in [-0.15, -0.1) is 0 Å². The minimum atomic E-state index is -0.616. The molecule has 0 bridgehead atoms. The Labute approximate surface area is 185 Å². The summed E-state index contributed by atoms with van der Waals surface area (Å²) < 4.78 is 1.28. The molecule has 1 aromatic carbocycles. The Morgan fingerprint density at radius 3 is 2.52 bits per heavy atom. The van der Waals surface area contributed by atoms with Crippen molar-refractivity contribution in [2.75, 3.05) is 5.32 Å². The van der Waals surface area contributed by atoms with Crippen molar-refractivity contribution in [1.82, 2.24) is 14.9 Å². The van der Waals surface area contributed by atoms with Gasteiger partial charge in [-0.3, -0.25) is 19.0 Å². The van der Waals surface area contributed by atoms with Crippen LogP contribution in [-0.4, -0.2) is 33.1 Å². The predicted octanol–water partition coefficient (Wildman–Crippen LogP) is 3.16. The Morgan fingerprint density at radius 2 is 1.97 bits per heavy atom. The van der Waals surface area contributed by atoms with Gasteiger partial charge >= 0.3 is 0 Å². The van der Waals surface area contributed by atoms with Crippen molar-refractivity contribution in [3.8, 4) is 11.3 Å². The number of benzene rings is 1. The average Bonchev–Trinajstić information content (AvgIpc) is 3.44. The molecule has 9 heteroatoms. The Kier molecular flexibility index (Phi) is 6.04. The molecule has 1 heterocycles. The molecule has 0 spiro atoms. The maximum atomic E-state index is 12.8. The van der Waals surface area contributed by atoms with Crippen molar-refractivity contribution in [2.45, 2.75) is 52.6 Å². The number of halogens is 1. The third-order valence-electron chi connectivity index (χ3n) is 5.14. The molecule has 8 nitrogen and oxygen atoms in total. The van der Waals surface area contributed by atoms with Gasteiger partial charge in [0.1, 0.15) is 12.4 Å². The number of aryl methyl sites for hydroxylation is 1. The smallest absolute Gasteiger partial charge is 0.254 e. The first-order valence-electron chi connectivity index (χ1n) is 9.97. The summed E-state index contributed by atoms with van der Waals surface area (Å²) in [5.74, 6) is -0.177. The van der Waals surface area contributed by atoms with E-state index < -0.39 is 11.0 Å². The molecule has 1 fully saturated rings. The molecule has 1 aromatic heterocycles. The summed E-state index contributed by atoms with van der Waals surface area (Å²) in [5, 5.41) is 13.5. The van der Waals surface area contributed by atoms with E-state index in [0.29, 0.717) is 27.8 Å². The molecule has 2 amide bonds. The van der Waals surface area contributed by atoms with E-state index in [0.717, 1.165) is 12.8 Å². The molecular weight excluding hydrogens is 418 g/mol. The summed E-state index contributed by atoms with van der Waals surface area (Å²) in [6.45, 7) is 6.86. The predicted molar refractivity (Wildman–Crippen MR) is 121 cm³/mol. The fourth-order valence-electron chi connectivity index (χ4n) is 3.01. The molecule has 1 aliphatic carbocycles. The van der Waals surface area contributed by atoms with Gasteiger partial charge in [0.05, 0.1) is 16.9 Å².